The van der Waals surface area contributed by atoms with Crippen LogP contribution in [0.3, 0.4) is 0 Å². The van der Waals surface area contributed by atoms with Crippen molar-refractivity contribution in [2.45, 2.75) is 25.2 Å². The fourth-order valence-electron chi connectivity index (χ4n) is 2.76. The molecule has 1 saturated heterocycles. The third-order valence-corrected chi connectivity index (χ3v) is 4.12. The van der Waals surface area contributed by atoms with E-state index in [9.17, 15) is 19.5 Å². The molecule has 1 heterocycles. The van der Waals surface area contributed by atoms with Crippen LogP contribution in [0.4, 0.5) is 0 Å². The van der Waals surface area contributed by atoms with Crippen LogP contribution in [-0.2, 0) is 19.8 Å². The molecule has 0 aromatic heterocycles. The molecule has 6 nitrogen and oxygen atoms in total. The second kappa shape index (κ2) is 5.55. The van der Waals surface area contributed by atoms with E-state index in [0.29, 0.717) is 11.3 Å². The molecule has 2 rings (SSSR count). The van der Waals surface area contributed by atoms with Gasteiger partial charge in [0.1, 0.15) is 5.75 Å². The van der Waals surface area contributed by atoms with E-state index in [4.69, 9.17) is 4.74 Å². The normalized spacial score (nSPS) is 23.3. The summed E-state index contributed by atoms with van der Waals surface area (Å²) in [6.07, 6.45) is 0.298. The summed E-state index contributed by atoms with van der Waals surface area (Å²) >= 11 is 0. The zero-order valence-corrected chi connectivity index (χ0v) is 11.9. The molecule has 0 bridgehead atoms. The number of methoxy groups -OCH3 is 1. The first-order valence-corrected chi connectivity index (χ1v) is 6.63. The van der Waals surface area contributed by atoms with Crippen molar-refractivity contribution in [3.63, 3.8) is 0 Å². The Kier molecular flexibility index (Phi) is 3.97. The summed E-state index contributed by atoms with van der Waals surface area (Å²) in [6.45, 7) is 1.49. The number of piperidine rings is 1. The van der Waals surface area contributed by atoms with Gasteiger partial charge in [0.15, 0.2) is 0 Å². The van der Waals surface area contributed by atoms with Gasteiger partial charge in [0.2, 0.25) is 11.8 Å². The van der Waals surface area contributed by atoms with Crippen molar-refractivity contribution in [1.29, 1.82) is 0 Å². The Labute approximate surface area is 122 Å². The molecule has 2 unspecified atom stereocenters. The van der Waals surface area contributed by atoms with Crippen molar-refractivity contribution >= 4 is 17.8 Å². The van der Waals surface area contributed by atoms with Gasteiger partial charge in [-0.2, -0.15) is 0 Å². The fraction of sp³-hybridized carbons (Fsp3) is 0.400. The van der Waals surface area contributed by atoms with Crippen molar-refractivity contribution in [2.24, 2.45) is 5.92 Å². The Morgan fingerprint density at radius 3 is 2.43 bits per heavy atom. The summed E-state index contributed by atoms with van der Waals surface area (Å²) < 4.78 is 5.07. The first kappa shape index (κ1) is 15.0. The van der Waals surface area contributed by atoms with E-state index in [2.05, 4.69) is 5.32 Å². The highest BCUT2D eigenvalue weighted by atomic mass is 16.5. The van der Waals surface area contributed by atoms with E-state index < -0.39 is 23.2 Å². The molecule has 21 heavy (non-hydrogen) atoms. The maximum Gasteiger partial charge on any atom is 0.307 e. The topological polar surface area (TPSA) is 92.7 Å². The zero-order chi connectivity index (χ0) is 15.6. The third kappa shape index (κ3) is 2.49. The van der Waals surface area contributed by atoms with Crippen molar-refractivity contribution in [3.05, 3.63) is 29.8 Å². The van der Waals surface area contributed by atoms with Gasteiger partial charge in [-0.25, -0.2) is 0 Å². The average Bonchev–Trinajstić information content (AvgIpc) is 2.47. The van der Waals surface area contributed by atoms with Gasteiger partial charge in [-0.3, -0.25) is 19.7 Å². The molecule has 1 aromatic rings. The number of rotatable bonds is 4. The summed E-state index contributed by atoms with van der Waals surface area (Å²) in [5.74, 6) is -2.33. The number of hydrogen-bond acceptors (Lipinski definition) is 4. The van der Waals surface area contributed by atoms with E-state index in [0.717, 1.165) is 0 Å². The zero-order valence-electron chi connectivity index (χ0n) is 11.9. The van der Waals surface area contributed by atoms with Crippen LogP contribution in [0.15, 0.2) is 24.3 Å². The number of imide groups is 1. The molecule has 2 N–H and O–H groups in total. The molecule has 1 aromatic carbocycles. The number of aliphatic carboxylic acids is 1. The summed E-state index contributed by atoms with van der Waals surface area (Å²) in [6, 6.07) is 6.70. The Morgan fingerprint density at radius 2 is 1.95 bits per heavy atom. The van der Waals surface area contributed by atoms with Crippen LogP contribution in [0.25, 0.3) is 0 Å². The Hall–Kier alpha value is -2.37. The Balaban J connectivity index is 2.52. The molecule has 112 valence electrons. The van der Waals surface area contributed by atoms with Gasteiger partial charge in [-0.15, -0.1) is 0 Å². The lowest BCUT2D eigenvalue weighted by molar-refractivity contribution is -0.151. The van der Waals surface area contributed by atoms with Gasteiger partial charge in [0.05, 0.1) is 18.4 Å². The minimum atomic E-state index is -1.24. The SMILES string of the molecule is COc1ccc(C2(C(C)C(=O)O)CCC(=O)NC2=O)cc1. The standard InChI is InChI=1S/C15H17NO5/c1-9(13(18)19)15(8-7-12(17)16-14(15)20)10-3-5-11(21-2)6-4-10/h3-6,9H,7-8H2,1-2H3,(H,18,19)(H,16,17,20). The van der Waals surface area contributed by atoms with Gasteiger partial charge in [-0.05, 0) is 24.1 Å². The average molecular weight is 291 g/mol. The molecular formula is C15H17NO5. The van der Waals surface area contributed by atoms with E-state index >= 15 is 0 Å². The molecule has 1 fully saturated rings. The van der Waals surface area contributed by atoms with Gasteiger partial charge in [0.25, 0.3) is 0 Å². The highest BCUT2D eigenvalue weighted by Crippen LogP contribution is 2.40. The van der Waals surface area contributed by atoms with Gasteiger partial charge < -0.3 is 9.84 Å². The third-order valence-electron chi connectivity index (χ3n) is 4.12. The lowest BCUT2D eigenvalue weighted by atomic mass is 9.66. The molecule has 0 saturated carbocycles. The first-order valence-electron chi connectivity index (χ1n) is 6.63. The number of carbonyl (C=O) groups excluding carboxylic acids is 2. The maximum absolute atomic E-state index is 12.4. The highest BCUT2D eigenvalue weighted by molar-refractivity contribution is 6.05. The highest BCUT2D eigenvalue weighted by Gasteiger charge is 2.51. The molecule has 6 heteroatoms. The summed E-state index contributed by atoms with van der Waals surface area (Å²) in [4.78, 5) is 35.2. The number of ether oxygens (including phenoxy) is 1. The number of carboxylic acid groups (broad SMARTS) is 1. The number of carboxylic acids is 1. The molecule has 0 radical (unpaired) electrons. The molecule has 1 aliphatic heterocycles. The number of amides is 2. The van der Waals surface area contributed by atoms with E-state index in [1.807, 2.05) is 0 Å². The van der Waals surface area contributed by atoms with Crippen molar-refractivity contribution in [2.75, 3.05) is 7.11 Å². The van der Waals surface area contributed by atoms with E-state index in [1.54, 1.807) is 24.3 Å². The van der Waals surface area contributed by atoms with Crippen molar-refractivity contribution in [3.8, 4) is 5.75 Å². The lowest BCUT2D eigenvalue weighted by Gasteiger charge is -2.38. The van der Waals surface area contributed by atoms with Crippen LogP contribution in [0.2, 0.25) is 0 Å². The minimum absolute atomic E-state index is 0.120. The quantitative estimate of drug-likeness (QED) is 0.810. The summed E-state index contributed by atoms with van der Waals surface area (Å²) in [5, 5.41) is 11.6. The lowest BCUT2D eigenvalue weighted by Crippen LogP contribution is -2.56. The smallest absolute Gasteiger partial charge is 0.307 e. The Bertz CT molecular complexity index is 580. The Morgan fingerprint density at radius 1 is 1.33 bits per heavy atom. The number of nitrogens with one attached hydrogen (secondary N) is 1. The van der Waals surface area contributed by atoms with Crippen LogP contribution in [0.5, 0.6) is 5.75 Å². The molecule has 2 amide bonds. The van der Waals surface area contributed by atoms with Crippen molar-refractivity contribution in [1.82, 2.24) is 5.32 Å². The van der Waals surface area contributed by atoms with Crippen LogP contribution in [-0.4, -0.2) is 30.0 Å². The second-order valence-electron chi connectivity index (χ2n) is 5.14. The largest absolute Gasteiger partial charge is 0.497 e. The first-order chi connectivity index (χ1) is 9.91. The van der Waals surface area contributed by atoms with Crippen LogP contribution < -0.4 is 10.1 Å². The van der Waals surface area contributed by atoms with Gasteiger partial charge >= 0.3 is 5.97 Å². The molecule has 1 aliphatic rings. The predicted molar refractivity (Wildman–Crippen MR) is 73.9 cm³/mol. The van der Waals surface area contributed by atoms with Gasteiger partial charge in [-0.1, -0.05) is 19.1 Å². The summed E-state index contributed by atoms with van der Waals surface area (Å²) in [5.41, 5.74) is -0.672. The monoisotopic (exact) mass is 291 g/mol. The van der Waals surface area contributed by atoms with Crippen LogP contribution >= 0.6 is 0 Å². The van der Waals surface area contributed by atoms with Gasteiger partial charge in [0, 0.05) is 6.42 Å². The maximum atomic E-state index is 12.4. The molecular weight excluding hydrogens is 274 g/mol. The summed E-state index contributed by atoms with van der Waals surface area (Å²) in [7, 11) is 1.52. The number of carbonyl (C=O) groups is 3. The minimum Gasteiger partial charge on any atom is -0.497 e. The molecule has 0 aliphatic carbocycles. The fourth-order valence-corrected chi connectivity index (χ4v) is 2.76. The molecule has 0 spiro atoms. The van der Waals surface area contributed by atoms with Crippen molar-refractivity contribution < 1.29 is 24.2 Å². The predicted octanol–water partition coefficient (Wildman–Crippen LogP) is 1.09. The second-order valence-corrected chi connectivity index (χ2v) is 5.14. The number of benzene rings is 1. The van der Waals surface area contributed by atoms with E-state index in [1.165, 1.54) is 14.0 Å². The van der Waals surface area contributed by atoms with Crippen LogP contribution in [0.1, 0.15) is 25.3 Å². The molecule has 2 atom stereocenters. The van der Waals surface area contributed by atoms with E-state index in [-0.39, 0.29) is 18.7 Å². The van der Waals surface area contributed by atoms with Crippen LogP contribution in [0, 0.1) is 5.92 Å². The number of hydrogen-bond donors (Lipinski definition) is 2.